The molecule has 0 radical (unpaired) electrons. The molecule has 132 valence electrons. The predicted molar refractivity (Wildman–Crippen MR) is 95.0 cm³/mol. The summed E-state index contributed by atoms with van der Waals surface area (Å²) in [6, 6.07) is 11.5. The molecule has 0 aliphatic carbocycles. The maximum absolute atomic E-state index is 9.85. The summed E-state index contributed by atoms with van der Waals surface area (Å²) < 4.78 is 5.64. The third-order valence-corrected chi connectivity index (χ3v) is 6.50. The van der Waals surface area contributed by atoms with Crippen LogP contribution in [0.2, 0.25) is 0 Å². The van der Waals surface area contributed by atoms with Crippen LogP contribution in [-0.4, -0.2) is 73.5 Å². The molecule has 3 heterocycles. The Balaban J connectivity index is 1.25. The van der Waals surface area contributed by atoms with Gasteiger partial charge in [-0.05, 0) is 37.9 Å². The lowest BCUT2D eigenvalue weighted by molar-refractivity contribution is 0.0600. The van der Waals surface area contributed by atoms with E-state index in [0.717, 1.165) is 32.7 Å². The lowest BCUT2D eigenvalue weighted by Gasteiger charge is -2.37. The van der Waals surface area contributed by atoms with E-state index in [9.17, 15) is 5.11 Å². The van der Waals surface area contributed by atoms with E-state index in [4.69, 9.17) is 4.74 Å². The first-order valence-corrected chi connectivity index (χ1v) is 9.48. The number of ether oxygens (including phenoxy) is 1. The molecule has 4 rings (SSSR count). The first kappa shape index (κ1) is 16.5. The van der Waals surface area contributed by atoms with Gasteiger partial charge < -0.3 is 14.7 Å². The van der Waals surface area contributed by atoms with Crippen molar-refractivity contribution in [2.75, 3.05) is 52.5 Å². The number of benzene rings is 1. The van der Waals surface area contributed by atoms with Gasteiger partial charge in [-0.15, -0.1) is 0 Å². The van der Waals surface area contributed by atoms with E-state index in [2.05, 4.69) is 40.1 Å². The number of hydrogen-bond acceptors (Lipinski definition) is 4. The largest absolute Gasteiger partial charge is 0.396 e. The van der Waals surface area contributed by atoms with Gasteiger partial charge in [0, 0.05) is 37.0 Å². The summed E-state index contributed by atoms with van der Waals surface area (Å²) in [4.78, 5) is 5.27. The smallest absolute Gasteiger partial charge is 0.0560 e. The maximum atomic E-state index is 9.85. The summed E-state index contributed by atoms with van der Waals surface area (Å²) in [5, 5.41) is 9.85. The highest BCUT2D eigenvalue weighted by Gasteiger charge is 2.51. The molecule has 3 saturated heterocycles. The average Bonchev–Trinajstić information content (AvgIpc) is 3.19. The molecule has 4 nitrogen and oxygen atoms in total. The van der Waals surface area contributed by atoms with E-state index in [1.54, 1.807) is 0 Å². The summed E-state index contributed by atoms with van der Waals surface area (Å²) in [7, 11) is 0. The summed E-state index contributed by atoms with van der Waals surface area (Å²) in [5.41, 5.74) is 1.47. The van der Waals surface area contributed by atoms with Crippen LogP contribution in [0.5, 0.6) is 0 Å². The van der Waals surface area contributed by atoms with Gasteiger partial charge in [-0.1, -0.05) is 30.3 Å². The highest BCUT2D eigenvalue weighted by Crippen LogP contribution is 2.42. The van der Waals surface area contributed by atoms with Gasteiger partial charge in [0.25, 0.3) is 0 Å². The van der Waals surface area contributed by atoms with Crippen molar-refractivity contribution in [2.24, 2.45) is 11.3 Å². The van der Waals surface area contributed by atoms with Crippen LogP contribution in [0, 0.1) is 11.3 Å². The zero-order valence-corrected chi connectivity index (χ0v) is 14.6. The van der Waals surface area contributed by atoms with Crippen LogP contribution in [0.3, 0.4) is 0 Å². The van der Waals surface area contributed by atoms with Crippen LogP contribution in [0.4, 0.5) is 0 Å². The second-order valence-corrected chi connectivity index (χ2v) is 7.97. The lowest BCUT2D eigenvalue weighted by atomic mass is 9.82. The van der Waals surface area contributed by atoms with Crippen LogP contribution in [0.1, 0.15) is 18.4 Å². The molecule has 4 heteroatoms. The van der Waals surface area contributed by atoms with Crippen molar-refractivity contribution in [3.63, 3.8) is 0 Å². The van der Waals surface area contributed by atoms with Gasteiger partial charge in [-0.25, -0.2) is 0 Å². The standard InChI is InChI=1S/C20H30N2O2/c23-15-20-14-22(12-18(20)13-24-16-20)19-7-10-21(11-8-19)9-6-17-4-2-1-3-5-17/h1-5,18-19,23H,6-16H2/t18-,20-/m0/s1. The third kappa shape index (κ3) is 3.25. The predicted octanol–water partition coefficient (Wildman–Crippen LogP) is 1.63. The van der Waals surface area contributed by atoms with Crippen LogP contribution >= 0.6 is 0 Å². The third-order valence-electron chi connectivity index (χ3n) is 6.50. The molecule has 1 N–H and O–H groups in total. The monoisotopic (exact) mass is 330 g/mol. The average molecular weight is 330 g/mol. The van der Waals surface area contributed by atoms with E-state index in [1.165, 1.54) is 38.0 Å². The molecule has 2 atom stereocenters. The summed E-state index contributed by atoms with van der Waals surface area (Å²) >= 11 is 0. The molecular formula is C20H30N2O2. The van der Waals surface area contributed by atoms with Crippen molar-refractivity contribution in [3.05, 3.63) is 35.9 Å². The second-order valence-electron chi connectivity index (χ2n) is 7.97. The fourth-order valence-electron chi connectivity index (χ4n) is 4.82. The van der Waals surface area contributed by atoms with Gasteiger partial charge in [-0.3, -0.25) is 4.90 Å². The Morgan fingerprint density at radius 1 is 1.17 bits per heavy atom. The number of fused-ring (bicyclic) bond motifs is 1. The Bertz CT molecular complexity index is 530. The van der Waals surface area contributed by atoms with Gasteiger partial charge >= 0.3 is 0 Å². The van der Waals surface area contributed by atoms with Crippen molar-refractivity contribution < 1.29 is 9.84 Å². The van der Waals surface area contributed by atoms with E-state index < -0.39 is 0 Å². The Morgan fingerprint density at radius 3 is 2.67 bits per heavy atom. The highest BCUT2D eigenvalue weighted by atomic mass is 16.5. The van der Waals surface area contributed by atoms with Crippen molar-refractivity contribution in [2.45, 2.75) is 25.3 Å². The Kier molecular flexibility index (Phi) is 4.90. The molecule has 0 amide bonds. The number of hydrogen-bond donors (Lipinski definition) is 1. The van der Waals surface area contributed by atoms with Crippen molar-refractivity contribution in [1.82, 2.24) is 9.80 Å². The Hall–Kier alpha value is -0.940. The minimum Gasteiger partial charge on any atom is -0.396 e. The summed E-state index contributed by atoms with van der Waals surface area (Å²) in [6.07, 6.45) is 3.69. The molecule has 0 saturated carbocycles. The first-order chi connectivity index (χ1) is 11.8. The van der Waals surface area contributed by atoms with Crippen molar-refractivity contribution >= 4 is 0 Å². The molecule has 1 aromatic carbocycles. The number of piperidine rings is 1. The van der Waals surface area contributed by atoms with Gasteiger partial charge in [0.05, 0.1) is 19.8 Å². The van der Waals surface area contributed by atoms with E-state index in [-0.39, 0.29) is 12.0 Å². The minimum absolute atomic E-state index is 0.0322. The minimum atomic E-state index is 0.0322. The van der Waals surface area contributed by atoms with Crippen LogP contribution in [0.15, 0.2) is 30.3 Å². The maximum Gasteiger partial charge on any atom is 0.0560 e. The summed E-state index contributed by atoms with van der Waals surface area (Å²) in [5.74, 6) is 0.540. The molecule has 0 unspecified atom stereocenters. The zero-order valence-electron chi connectivity index (χ0n) is 14.6. The number of aliphatic hydroxyl groups is 1. The van der Waals surface area contributed by atoms with Gasteiger partial charge in [0.1, 0.15) is 0 Å². The van der Waals surface area contributed by atoms with E-state index in [0.29, 0.717) is 12.0 Å². The molecule has 3 aliphatic rings. The van der Waals surface area contributed by atoms with Crippen LogP contribution in [-0.2, 0) is 11.2 Å². The molecule has 0 aromatic heterocycles. The zero-order chi connectivity index (χ0) is 16.4. The van der Waals surface area contributed by atoms with E-state index >= 15 is 0 Å². The molecule has 1 aromatic rings. The molecule has 0 spiro atoms. The molecule has 3 fully saturated rings. The fraction of sp³-hybridized carbons (Fsp3) is 0.700. The number of aliphatic hydroxyl groups excluding tert-OH is 1. The first-order valence-electron chi connectivity index (χ1n) is 9.48. The normalized spacial score (nSPS) is 32.3. The molecule has 0 bridgehead atoms. The molecule has 24 heavy (non-hydrogen) atoms. The fourth-order valence-corrected chi connectivity index (χ4v) is 4.82. The highest BCUT2D eigenvalue weighted by molar-refractivity contribution is 5.14. The lowest BCUT2D eigenvalue weighted by Crippen LogP contribution is -2.45. The molecule has 3 aliphatic heterocycles. The van der Waals surface area contributed by atoms with Crippen LogP contribution in [0.25, 0.3) is 0 Å². The second kappa shape index (κ2) is 7.12. The van der Waals surface area contributed by atoms with Crippen LogP contribution < -0.4 is 0 Å². The number of nitrogens with zero attached hydrogens (tertiary/aromatic N) is 2. The SMILES string of the molecule is OC[C@@]12COC[C@@H]1CN(C1CCN(CCc3ccccc3)CC1)C2. The van der Waals surface area contributed by atoms with Gasteiger partial charge in [0.2, 0.25) is 0 Å². The van der Waals surface area contributed by atoms with Gasteiger partial charge in [0.15, 0.2) is 0 Å². The Labute approximate surface area is 145 Å². The van der Waals surface area contributed by atoms with Gasteiger partial charge in [-0.2, -0.15) is 0 Å². The topological polar surface area (TPSA) is 35.9 Å². The quantitative estimate of drug-likeness (QED) is 0.890. The van der Waals surface area contributed by atoms with E-state index in [1.807, 2.05) is 0 Å². The Morgan fingerprint density at radius 2 is 1.96 bits per heavy atom. The molecular weight excluding hydrogens is 300 g/mol. The number of rotatable bonds is 5. The summed E-state index contributed by atoms with van der Waals surface area (Å²) in [6.45, 7) is 7.62. The van der Waals surface area contributed by atoms with Crippen molar-refractivity contribution in [3.8, 4) is 0 Å². The number of likely N-dealkylation sites (tertiary alicyclic amines) is 2. The van der Waals surface area contributed by atoms with Crippen molar-refractivity contribution in [1.29, 1.82) is 0 Å².